The van der Waals surface area contributed by atoms with Crippen molar-refractivity contribution in [3.63, 3.8) is 0 Å². The number of hydrogen-bond acceptors (Lipinski definition) is 5. The molecule has 36 heavy (non-hydrogen) atoms. The molecule has 1 saturated heterocycles. The van der Waals surface area contributed by atoms with Gasteiger partial charge < -0.3 is 15.2 Å². The predicted molar refractivity (Wildman–Crippen MR) is 141 cm³/mol. The van der Waals surface area contributed by atoms with Gasteiger partial charge in [-0.3, -0.25) is 9.69 Å². The Balaban J connectivity index is 1.47. The lowest BCUT2D eigenvalue weighted by atomic mass is 9.96. The lowest BCUT2D eigenvalue weighted by molar-refractivity contribution is -0.142. The van der Waals surface area contributed by atoms with Gasteiger partial charge in [0.2, 0.25) is 0 Å². The van der Waals surface area contributed by atoms with Gasteiger partial charge in [0.25, 0.3) is 5.91 Å². The van der Waals surface area contributed by atoms with E-state index >= 15 is 0 Å². The molecule has 0 aromatic heterocycles. The van der Waals surface area contributed by atoms with Crippen LogP contribution < -0.4 is 5.32 Å². The predicted octanol–water partition coefficient (Wildman–Crippen LogP) is 4.48. The Bertz CT molecular complexity index is 1190. The number of hydrogen-bond donors (Lipinski definition) is 2. The lowest BCUT2D eigenvalue weighted by Gasteiger charge is -2.30. The van der Waals surface area contributed by atoms with Gasteiger partial charge in [-0.1, -0.05) is 72.3 Å². The van der Waals surface area contributed by atoms with Gasteiger partial charge in [-0.15, -0.1) is 0 Å². The molecule has 6 nitrogen and oxygen atoms in total. The van der Waals surface area contributed by atoms with E-state index in [1.54, 1.807) is 24.3 Å². The quantitative estimate of drug-likeness (QED) is 0.440. The molecule has 2 N–H and O–H groups in total. The number of nitrogens with one attached hydrogen (secondary N) is 1. The summed E-state index contributed by atoms with van der Waals surface area (Å²) >= 11 is 6.14. The molecule has 1 amide bonds. The summed E-state index contributed by atoms with van der Waals surface area (Å²) in [5, 5.41) is 12.9. The molecule has 1 aliphatic rings. The molecule has 0 radical (unpaired) electrons. The van der Waals surface area contributed by atoms with Gasteiger partial charge in [0.05, 0.1) is 23.8 Å². The van der Waals surface area contributed by atoms with Crippen molar-refractivity contribution in [3.8, 4) is 11.1 Å². The minimum absolute atomic E-state index is 0.188. The maximum atomic E-state index is 12.7. The fourth-order valence-corrected chi connectivity index (χ4v) is 4.75. The average Bonchev–Trinajstić information content (AvgIpc) is 2.90. The zero-order valence-electron chi connectivity index (χ0n) is 20.3. The molecule has 0 bridgehead atoms. The van der Waals surface area contributed by atoms with Crippen LogP contribution in [0.1, 0.15) is 34.3 Å². The van der Waals surface area contributed by atoms with Gasteiger partial charge in [-0.2, -0.15) is 0 Å². The van der Waals surface area contributed by atoms with Crippen LogP contribution in [0.15, 0.2) is 72.8 Å². The summed E-state index contributed by atoms with van der Waals surface area (Å²) < 4.78 is 4.93. The summed E-state index contributed by atoms with van der Waals surface area (Å²) in [5.74, 6) is -0.941. The van der Waals surface area contributed by atoms with Gasteiger partial charge in [-0.25, -0.2) is 4.79 Å². The van der Waals surface area contributed by atoms with Crippen LogP contribution in [-0.4, -0.2) is 54.2 Å². The third kappa shape index (κ3) is 6.52. The number of halogens is 1. The molecule has 1 aliphatic heterocycles. The van der Waals surface area contributed by atoms with Crippen LogP contribution >= 0.6 is 11.6 Å². The first-order chi connectivity index (χ1) is 17.4. The number of rotatable bonds is 8. The van der Waals surface area contributed by atoms with Gasteiger partial charge in [0, 0.05) is 26.1 Å². The Hall–Kier alpha value is -3.19. The Labute approximate surface area is 216 Å². The van der Waals surface area contributed by atoms with Crippen molar-refractivity contribution >= 4 is 23.5 Å². The fourth-order valence-electron chi connectivity index (χ4n) is 4.53. The minimum Gasteiger partial charge on any atom is -0.467 e. The molecule has 1 atom stereocenters. The SMILES string of the molecule is COC(=O)[C@H](Cc1ccc(-c2ccccc2CN2CCC(O)CC2)cc1)NC(=O)c1ccccc1Cl. The van der Waals surface area contributed by atoms with Gasteiger partial charge >= 0.3 is 5.97 Å². The second-order valence-electron chi connectivity index (χ2n) is 9.09. The van der Waals surface area contributed by atoms with E-state index in [2.05, 4.69) is 28.4 Å². The highest BCUT2D eigenvalue weighted by Gasteiger charge is 2.24. The number of piperidine rings is 1. The first-order valence-electron chi connectivity index (χ1n) is 12.2. The zero-order chi connectivity index (χ0) is 25.5. The largest absolute Gasteiger partial charge is 0.467 e. The Kier molecular flexibility index (Phi) is 8.75. The van der Waals surface area contributed by atoms with E-state index in [9.17, 15) is 14.7 Å². The Morgan fingerprint density at radius 2 is 1.69 bits per heavy atom. The first kappa shape index (κ1) is 25.9. The average molecular weight is 507 g/mol. The second kappa shape index (κ2) is 12.2. The van der Waals surface area contributed by atoms with Crippen molar-refractivity contribution in [1.29, 1.82) is 0 Å². The number of esters is 1. The highest BCUT2D eigenvalue weighted by atomic mass is 35.5. The standard InChI is InChI=1S/C29H31ClN2O4/c1-36-29(35)27(31-28(34)25-8-4-5-9-26(25)30)18-20-10-12-21(13-11-20)24-7-3-2-6-22(24)19-32-16-14-23(33)15-17-32/h2-13,23,27,33H,14-19H2,1H3,(H,31,34)/t27-/m0/s1. The van der Waals surface area contributed by atoms with Crippen molar-refractivity contribution in [2.24, 2.45) is 0 Å². The van der Waals surface area contributed by atoms with Gasteiger partial charge in [-0.05, 0) is 47.2 Å². The van der Waals surface area contributed by atoms with Crippen molar-refractivity contribution in [1.82, 2.24) is 10.2 Å². The van der Waals surface area contributed by atoms with E-state index in [0.29, 0.717) is 17.0 Å². The number of amides is 1. The van der Waals surface area contributed by atoms with Crippen LogP contribution in [0, 0.1) is 0 Å². The number of likely N-dealkylation sites (tertiary alicyclic amines) is 1. The number of carbonyl (C=O) groups is 2. The van der Waals surface area contributed by atoms with Crippen molar-refractivity contribution in [2.45, 2.75) is 38.0 Å². The number of aliphatic hydroxyl groups excluding tert-OH is 1. The molecule has 188 valence electrons. The maximum Gasteiger partial charge on any atom is 0.328 e. The van der Waals surface area contributed by atoms with Gasteiger partial charge in [0.1, 0.15) is 6.04 Å². The molecule has 0 spiro atoms. The van der Waals surface area contributed by atoms with Crippen molar-refractivity contribution in [2.75, 3.05) is 20.2 Å². The molecular formula is C29H31ClN2O4. The first-order valence-corrected chi connectivity index (χ1v) is 12.5. The van der Waals surface area contributed by atoms with Crippen LogP contribution in [0.3, 0.4) is 0 Å². The van der Waals surface area contributed by atoms with Crippen LogP contribution in [0.5, 0.6) is 0 Å². The van der Waals surface area contributed by atoms with E-state index in [1.165, 1.54) is 12.7 Å². The molecule has 4 rings (SSSR count). The van der Waals surface area contributed by atoms with E-state index in [0.717, 1.165) is 49.2 Å². The topological polar surface area (TPSA) is 78.9 Å². The van der Waals surface area contributed by atoms with E-state index < -0.39 is 17.9 Å². The number of aliphatic hydroxyl groups is 1. The normalized spacial score (nSPS) is 15.3. The molecule has 3 aromatic rings. The van der Waals surface area contributed by atoms with E-state index in [1.807, 2.05) is 30.3 Å². The molecule has 3 aromatic carbocycles. The van der Waals surface area contributed by atoms with Crippen molar-refractivity contribution < 1.29 is 19.4 Å². The number of nitrogens with zero attached hydrogens (tertiary/aromatic N) is 1. The molecule has 0 unspecified atom stereocenters. The smallest absolute Gasteiger partial charge is 0.328 e. The zero-order valence-corrected chi connectivity index (χ0v) is 21.1. The Morgan fingerprint density at radius 3 is 2.39 bits per heavy atom. The fraction of sp³-hybridized carbons (Fsp3) is 0.310. The number of benzene rings is 3. The number of carbonyl (C=O) groups excluding carboxylic acids is 2. The summed E-state index contributed by atoms with van der Waals surface area (Å²) in [5.41, 5.74) is 4.69. The highest BCUT2D eigenvalue weighted by molar-refractivity contribution is 6.33. The monoisotopic (exact) mass is 506 g/mol. The summed E-state index contributed by atoms with van der Waals surface area (Å²) in [6, 6.07) is 22.2. The lowest BCUT2D eigenvalue weighted by Crippen LogP contribution is -2.43. The Morgan fingerprint density at radius 1 is 1.03 bits per heavy atom. The van der Waals surface area contributed by atoms with Crippen LogP contribution in [0.4, 0.5) is 0 Å². The third-order valence-corrected chi connectivity index (χ3v) is 6.91. The van der Waals surface area contributed by atoms with Crippen LogP contribution in [0.25, 0.3) is 11.1 Å². The molecule has 7 heteroatoms. The second-order valence-corrected chi connectivity index (χ2v) is 9.50. The molecule has 1 fully saturated rings. The summed E-state index contributed by atoms with van der Waals surface area (Å²) in [4.78, 5) is 27.5. The van der Waals surface area contributed by atoms with E-state index in [4.69, 9.17) is 16.3 Å². The van der Waals surface area contributed by atoms with Gasteiger partial charge in [0.15, 0.2) is 0 Å². The van der Waals surface area contributed by atoms with Crippen LogP contribution in [0.2, 0.25) is 5.02 Å². The van der Waals surface area contributed by atoms with Crippen molar-refractivity contribution in [3.05, 3.63) is 94.5 Å². The highest BCUT2D eigenvalue weighted by Crippen LogP contribution is 2.26. The van der Waals surface area contributed by atoms with Crippen LogP contribution in [-0.2, 0) is 22.5 Å². The summed E-state index contributed by atoms with van der Waals surface area (Å²) in [7, 11) is 1.31. The molecule has 0 saturated carbocycles. The summed E-state index contributed by atoms with van der Waals surface area (Å²) in [6.45, 7) is 2.62. The minimum atomic E-state index is -0.841. The van der Waals surface area contributed by atoms with E-state index in [-0.39, 0.29) is 6.10 Å². The number of ether oxygens (including phenoxy) is 1. The molecule has 0 aliphatic carbocycles. The summed E-state index contributed by atoms with van der Waals surface area (Å²) in [6.07, 6.45) is 1.73. The molecule has 1 heterocycles. The third-order valence-electron chi connectivity index (χ3n) is 6.58. The maximum absolute atomic E-state index is 12.7. The molecular weight excluding hydrogens is 476 g/mol. The number of methoxy groups -OCH3 is 1.